The first-order valence-corrected chi connectivity index (χ1v) is 10.6. The molecule has 0 saturated carbocycles. The lowest BCUT2D eigenvalue weighted by molar-refractivity contribution is -0.132. The van der Waals surface area contributed by atoms with E-state index in [-0.39, 0.29) is 11.3 Å². The summed E-state index contributed by atoms with van der Waals surface area (Å²) in [5.74, 6) is -0.537. The minimum absolute atomic E-state index is 0.00894. The zero-order valence-electron chi connectivity index (χ0n) is 18.4. The number of hydrogen-bond acceptors (Lipinski definition) is 6. The predicted octanol–water partition coefficient (Wildman–Crippen LogP) is 4.51. The summed E-state index contributed by atoms with van der Waals surface area (Å²) in [5.41, 5.74) is 1.57. The monoisotopic (exact) mass is 444 g/mol. The van der Waals surface area contributed by atoms with Gasteiger partial charge in [0, 0.05) is 23.6 Å². The molecule has 1 N–H and O–H groups in total. The molecular weight excluding hydrogens is 420 g/mol. The number of aliphatic hydroxyl groups is 1. The molecule has 1 aromatic heterocycles. The Kier molecular flexibility index (Phi) is 6.40. The van der Waals surface area contributed by atoms with Crippen LogP contribution in [0.2, 0.25) is 0 Å². The molecule has 2 aromatic carbocycles. The van der Waals surface area contributed by atoms with Gasteiger partial charge in [-0.25, -0.2) is 0 Å². The topological polar surface area (TPSA) is 89.0 Å². The first-order chi connectivity index (χ1) is 16.0. The number of ketones is 1. The molecular formula is C26H24N2O5. The van der Waals surface area contributed by atoms with Crippen molar-refractivity contribution in [2.45, 2.75) is 19.4 Å². The summed E-state index contributed by atoms with van der Waals surface area (Å²) in [7, 11) is 1.55. The predicted molar refractivity (Wildman–Crippen MR) is 124 cm³/mol. The van der Waals surface area contributed by atoms with Crippen LogP contribution in [0.4, 0.5) is 5.69 Å². The molecule has 1 aliphatic heterocycles. The number of carbonyl (C=O) groups is 2. The van der Waals surface area contributed by atoms with Crippen LogP contribution >= 0.6 is 0 Å². The van der Waals surface area contributed by atoms with Crippen LogP contribution < -0.4 is 14.4 Å². The van der Waals surface area contributed by atoms with Crippen molar-refractivity contribution in [3.8, 4) is 11.5 Å². The van der Waals surface area contributed by atoms with Gasteiger partial charge in [-0.05, 0) is 60.5 Å². The molecule has 33 heavy (non-hydrogen) atoms. The Balaban J connectivity index is 1.85. The van der Waals surface area contributed by atoms with Gasteiger partial charge in [0.15, 0.2) is 0 Å². The Bertz CT molecular complexity index is 1190. The number of amides is 1. The van der Waals surface area contributed by atoms with Crippen LogP contribution in [0.3, 0.4) is 0 Å². The van der Waals surface area contributed by atoms with Gasteiger partial charge in [-0.3, -0.25) is 19.5 Å². The van der Waals surface area contributed by atoms with E-state index in [9.17, 15) is 14.7 Å². The number of nitrogens with zero attached hydrogens (tertiary/aromatic N) is 2. The number of hydrogen-bond donors (Lipinski definition) is 1. The van der Waals surface area contributed by atoms with Crippen LogP contribution in [0.15, 0.2) is 78.6 Å². The summed E-state index contributed by atoms with van der Waals surface area (Å²) in [6.45, 7) is 2.53. The van der Waals surface area contributed by atoms with Gasteiger partial charge in [0.1, 0.15) is 17.3 Å². The Morgan fingerprint density at radius 2 is 1.76 bits per heavy atom. The molecule has 7 heteroatoms. The number of Topliss-reactive ketones (excluding diaryl/α,β-unsaturated/α-hetero) is 1. The number of aliphatic hydroxyl groups excluding tert-OH is 1. The summed E-state index contributed by atoms with van der Waals surface area (Å²) in [6, 6.07) is 16.3. The molecule has 0 spiro atoms. The standard InChI is InChI=1S/C26H24N2O5/c1-3-15-33-21-6-4-5-18(16-21)24(29)22-23(17-11-13-27-14-12-17)28(26(31)25(22)30)19-7-9-20(32-2)10-8-19/h4-14,16,23,29H,3,15H2,1-2H3/b24-22-. The average Bonchev–Trinajstić information content (AvgIpc) is 3.13. The van der Waals surface area contributed by atoms with Crippen LogP contribution in [-0.4, -0.2) is 35.5 Å². The van der Waals surface area contributed by atoms with Crippen molar-refractivity contribution >= 4 is 23.1 Å². The Labute approximate surface area is 191 Å². The van der Waals surface area contributed by atoms with Crippen LogP contribution in [0.5, 0.6) is 11.5 Å². The third-order valence-corrected chi connectivity index (χ3v) is 5.40. The van der Waals surface area contributed by atoms with Crippen molar-refractivity contribution in [2.24, 2.45) is 0 Å². The van der Waals surface area contributed by atoms with E-state index in [0.29, 0.717) is 34.9 Å². The number of rotatable bonds is 7. The van der Waals surface area contributed by atoms with Crippen molar-refractivity contribution in [2.75, 3.05) is 18.6 Å². The first kappa shape index (κ1) is 22.1. The highest BCUT2D eigenvalue weighted by atomic mass is 16.5. The van der Waals surface area contributed by atoms with E-state index in [1.54, 1.807) is 80.2 Å². The van der Waals surface area contributed by atoms with E-state index in [1.807, 2.05) is 6.92 Å². The van der Waals surface area contributed by atoms with Gasteiger partial charge in [-0.15, -0.1) is 0 Å². The molecule has 0 bridgehead atoms. The van der Waals surface area contributed by atoms with Crippen molar-refractivity contribution in [3.63, 3.8) is 0 Å². The average molecular weight is 444 g/mol. The highest BCUT2D eigenvalue weighted by Crippen LogP contribution is 2.42. The first-order valence-electron chi connectivity index (χ1n) is 10.6. The number of methoxy groups -OCH3 is 1. The minimum Gasteiger partial charge on any atom is -0.507 e. The second-order valence-corrected chi connectivity index (χ2v) is 7.52. The van der Waals surface area contributed by atoms with Gasteiger partial charge in [-0.1, -0.05) is 19.1 Å². The number of pyridine rings is 1. The van der Waals surface area contributed by atoms with E-state index in [2.05, 4.69) is 4.98 Å². The van der Waals surface area contributed by atoms with Crippen molar-refractivity contribution < 1.29 is 24.2 Å². The fourth-order valence-electron chi connectivity index (χ4n) is 3.81. The fraction of sp³-hybridized carbons (Fsp3) is 0.192. The largest absolute Gasteiger partial charge is 0.507 e. The summed E-state index contributed by atoms with van der Waals surface area (Å²) < 4.78 is 10.9. The van der Waals surface area contributed by atoms with Gasteiger partial charge in [0.05, 0.1) is 25.3 Å². The number of carbonyl (C=O) groups excluding carboxylic acids is 2. The van der Waals surface area contributed by atoms with Crippen LogP contribution in [0.1, 0.15) is 30.5 Å². The maximum Gasteiger partial charge on any atom is 0.300 e. The van der Waals surface area contributed by atoms with E-state index >= 15 is 0 Å². The highest BCUT2D eigenvalue weighted by Gasteiger charge is 2.47. The molecule has 168 valence electrons. The van der Waals surface area contributed by atoms with Gasteiger partial charge in [0.2, 0.25) is 0 Å². The molecule has 1 fully saturated rings. The Morgan fingerprint density at radius 1 is 1.03 bits per heavy atom. The van der Waals surface area contributed by atoms with E-state index in [4.69, 9.17) is 9.47 Å². The van der Waals surface area contributed by atoms with Gasteiger partial charge >= 0.3 is 0 Å². The third kappa shape index (κ3) is 4.30. The third-order valence-electron chi connectivity index (χ3n) is 5.40. The van der Waals surface area contributed by atoms with E-state index in [1.165, 1.54) is 4.90 Å². The highest BCUT2D eigenvalue weighted by molar-refractivity contribution is 6.51. The minimum atomic E-state index is -0.818. The lowest BCUT2D eigenvalue weighted by atomic mass is 9.95. The molecule has 1 amide bonds. The van der Waals surface area contributed by atoms with E-state index < -0.39 is 17.7 Å². The molecule has 1 saturated heterocycles. The van der Waals surface area contributed by atoms with Crippen LogP contribution in [0.25, 0.3) is 5.76 Å². The zero-order valence-corrected chi connectivity index (χ0v) is 18.4. The van der Waals surface area contributed by atoms with Crippen LogP contribution in [0, 0.1) is 0 Å². The van der Waals surface area contributed by atoms with Gasteiger partial charge in [0.25, 0.3) is 11.7 Å². The summed E-state index contributed by atoms with van der Waals surface area (Å²) in [6.07, 6.45) is 4.01. The van der Waals surface area contributed by atoms with Crippen LogP contribution in [-0.2, 0) is 9.59 Å². The SMILES string of the molecule is CCCOc1cccc(/C(O)=C2/C(=O)C(=O)N(c3ccc(OC)cc3)C2c2ccncc2)c1. The second-order valence-electron chi connectivity index (χ2n) is 7.52. The molecule has 1 aliphatic rings. The Hall–Kier alpha value is -4.13. The number of anilines is 1. The molecule has 0 aliphatic carbocycles. The summed E-state index contributed by atoms with van der Waals surface area (Å²) in [4.78, 5) is 31.8. The lowest BCUT2D eigenvalue weighted by Crippen LogP contribution is -2.29. The normalized spacial score (nSPS) is 17.3. The number of ether oxygens (including phenoxy) is 2. The maximum atomic E-state index is 13.2. The van der Waals surface area contributed by atoms with Crippen molar-refractivity contribution in [1.82, 2.24) is 4.98 Å². The van der Waals surface area contributed by atoms with Gasteiger partial charge in [-0.2, -0.15) is 0 Å². The van der Waals surface area contributed by atoms with Crippen molar-refractivity contribution in [3.05, 3.63) is 89.8 Å². The van der Waals surface area contributed by atoms with Gasteiger partial charge < -0.3 is 14.6 Å². The molecule has 2 heterocycles. The van der Waals surface area contributed by atoms with E-state index in [0.717, 1.165) is 6.42 Å². The fourth-order valence-corrected chi connectivity index (χ4v) is 3.81. The molecule has 7 nitrogen and oxygen atoms in total. The molecule has 4 rings (SSSR count). The Morgan fingerprint density at radius 3 is 2.42 bits per heavy atom. The lowest BCUT2D eigenvalue weighted by Gasteiger charge is -2.25. The van der Waals surface area contributed by atoms with Crippen molar-refractivity contribution in [1.29, 1.82) is 0 Å². The zero-order chi connectivity index (χ0) is 23.4. The smallest absolute Gasteiger partial charge is 0.300 e. The second kappa shape index (κ2) is 9.56. The molecule has 0 radical (unpaired) electrons. The quantitative estimate of drug-likeness (QED) is 0.328. The summed E-state index contributed by atoms with van der Waals surface area (Å²) >= 11 is 0. The molecule has 3 aromatic rings. The number of aromatic nitrogens is 1. The maximum absolute atomic E-state index is 13.2. The number of benzene rings is 2. The summed E-state index contributed by atoms with van der Waals surface area (Å²) in [5, 5.41) is 11.2. The molecule has 1 atom stereocenters. The molecule has 1 unspecified atom stereocenters.